The Kier molecular flexibility index (Phi) is 8.01. The molecule has 27 heavy (non-hydrogen) atoms. The second-order valence-corrected chi connectivity index (χ2v) is 6.64. The number of benzene rings is 1. The molecule has 1 aromatic rings. The zero-order valence-corrected chi connectivity index (χ0v) is 15.9. The molecule has 0 saturated heterocycles. The highest BCUT2D eigenvalue weighted by Crippen LogP contribution is 2.12. The van der Waals surface area contributed by atoms with E-state index in [9.17, 15) is 14.4 Å². The van der Waals surface area contributed by atoms with Crippen molar-refractivity contribution in [3.63, 3.8) is 0 Å². The van der Waals surface area contributed by atoms with Crippen LogP contribution in [0.5, 0.6) is 0 Å². The summed E-state index contributed by atoms with van der Waals surface area (Å²) >= 11 is 0. The molecular formula is C19H24N4O4. The average molecular weight is 372 g/mol. The summed E-state index contributed by atoms with van der Waals surface area (Å²) in [5.74, 6) is -0.730. The molecular weight excluding hydrogens is 348 g/mol. The molecule has 1 rings (SSSR count). The van der Waals surface area contributed by atoms with Gasteiger partial charge in [-0.05, 0) is 39.8 Å². The summed E-state index contributed by atoms with van der Waals surface area (Å²) in [5.41, 5.74) is 0.158. The molecule has 0 unspecified atom stereocenters. The second kappa shape index (κ2) is 9.97. The van der Waals surface area contributed by atoms with E-state index in [0.717, 1.165) is 0 Å². The highest BCUT2D eigenvalue weighted by molar-refractivity contribution is 6.07. The van der Waals surface area contributed by atoms with Crippen molar-refractivity contribution in [3.05, 3.63) is 41.6 Å². The highest BCUT2D eigenvalue weighted by Gasteiger charge is 2.15. The third kappa shape index (κ3) is 8.54. The smallest absolute Gasteiger partial charge is 0.407 e. The number of ether oxygens (including phenoxy) is 1. The molecule has 0 aliphatic heterocycles. The van der Waals surface area contributed by atoms with Crippen molar-refractivity contribution in [1.29, 1.82) is 5.26 Å². The van der Waals surface area contributed by atoms with E-state index in [-0.39, 0.29) is 17.9 Å². The van der Waals surface area contributed by atoms with E-state index < -0.39 is 17.6 Å². The molecule has 0 fully saturated rings. The van der Waals surface area contributed by atoms with Gasteiger partial charge in [0.2, 0.25) is 0 Å². The number of carbonyl (C=O) groups is 3. The van der Waals surface area contributed by atoms with Crippen LogP contribution in [-0.2, 0) is 9.53 Å². The second-order valence-electron chi connectivity index (χ2n) is 6.64. The largest absolute Gasteiger partial charge is 0.444 e. The first-order valence-corrected chi connectivity index (χ1v) is 8.35. The van der Waals surface area contributed by atoms with Gasteiger partial charge in [-0.15, -0.1) is 0 Å². The number of carbonyl (C=O) groups excluding carboxylic acids is 3. The van der Waals surface area contributed by atoms with Crippen LogP contribution in [0.4, 0.5) is 10.5 Å². The average Bonchev–Trinajstić information content (AvgIpc) is 2.56. The number of ketones is 1. The molecule has 8 nitrogen and oxygen atoms in total. The number of nitrogens with zero attached hydrogens (tertiary/aromatic N) is 1. The lowest BCUT2D eigenvalue weighted by Crippen LogP contribution is -2.35. The van der Waals surface area contributed by atoms with E-state index in [2.05, 4.69) is 16.0 Å². The minimum absolute atomic E-state index is 0.124. The minimum atomic E-state index is -0.606. The Hall–Kier alpha value is -3.34. The molecule has 0 bridgehead atoms. The van der Waals surface area contributed by atoms with Crippen molar-refractivity contribution < 1.29 is 19.1 Å². The Morgan fingerprint density at radius 1 is 1.22 bits per heavy atom. The van der Waals surface area contributed by atoms with Gasteiger partial charge in [-0.3, -0.25) is 9.59 Å². The van der Waals surface area contributed by atoms with Crippen molar-refractivity contribution in [2.75, 3.05) is 18.4 Å². The molecule has 0 saturated carbocycles. The van der Waals surface area contributed by atoms with Crippen molar-refractivity contribution in [2.24, 2.45) is 0 Å². The maximum atomic E-state index is 12.1. The van der Waals surface area contributed by atoms with Crippen LogP contribution in [0.1, 0.15) is 38.1 Å². The predicted molar refractivity (Wildman–Crippen MR) is 101 cm³/mol. The Labute approximate surface area is 158 Å². The maximum Gasteiger partial charge on any atom is 0.407 e. The third-order valence-electron chi connectivity index (χ3n) is 3.08. The quantitative estimate of drug-likeness (QED) is 0.292. The summed E-state index contributed by atoms with van der Waals surface area (Å²) in [4.78, 5) is 35.0. The molecule has 3 N–H and O–H groups in total. The highest BCUT2D eigenvalue weighted by atomic mass is 16.6. The van der Waals surface area contributed by atoms with Crippen LogP contribution < -0.4 is 16.0 Å². The Morgan fingerprint density at radius 2 is 1.93 bits per heavy atom. The molecule has 0 aliphatic carbocycles. The molecule has 0 atom stereocenters. The number of Topliss-reactive ketones (excluding diaryl/α,β-unsaturated/α-hetero) is 1. The molecule has 1 aromatic carbocycles. The molecule has 8 heteroatoms. The first kappa shape index (κ1) is 21.7. The number of amides is 2. The first-order valence-electron chi connectivity index (χ1n) is 8.35. The summed E-state index contributed by atoms with van der Waals surface area (Å²) in [5, 5.41) is 17.0. The number of nitrogens with one attached hydrogen (secondary N) is 3. The SMILES string of the molecule is CC(=O)c1cccc(NC(=O)/C(C#N)=C\NCCNC(=O)OC(C)(C)C)c1. The van der Waals surface area contributed by atoms with Gasteiger partial charge in [0.05, 0.1) is 0 Å². The van der Waals surface area contributed by atoms with Crippen molar-refractivity contribution in [1.82, 2.24) is 10.6 Å². The van der Waals surface area contributed by atoms with Crippen molar-refractivity contribution in [3.8, 4) is 6.07 Å². The van der Waals surface area contributed by atoms with Gasteiger partial charge in [-0.2, -0.15) is 5.26 Å². The summed E-state index contributed by atoms with van der Waals surface area (Å²) < 4.78 is 5.08. The Morgan fingerprint density at radius 3 is 2.52 bits per heavy atom. The van der Waals surface area contributed by atoms with E-state index in [4.69, 9.17) is 10.00 Å². The van der Waals surface area contributed by atoms with Gasteiger partial charge in [0, 0.05) is 30.5 Å². The van der Waals surface area contributed by atoms with Crippen LogP contribution in [0.2, 0.25) is 0 Å². The van der Waals surface area contributed by atoms with Crippen LogP contribution in [0, 0.1) is 11.3 Å². The topological polar surface area (TPSA) is 120 Å². The number of anilines is 1. The van der Waals surface area contributed by atoms with Crippen molar-refractivity contribution >= 4 is 23.5 Å². The van der Waals surface area contributed by atoms with E-state index in [0.29, 0.717) is 17.8 Å². The number of alkyl carbamates (subject to hydrolysis) is 1. The van der Waals surface area contributed by atoms with Crippen LogP contribution >= 0.6 is 0 Å². The van der Waals surface area contributed by atoms with Crippen LogP contribution in [0.15, 0.2) is 36.0 Å². The lowest BCUT2D eigenvalue weighted by Gasteiger charge is -2.19. The fourth-order valence-electron chi connectivity index (χ4n) is 1.89. The van der Waals surface area contributed by atoms with Gasteiger partial charge in [0.1, 0.15) is 17.2 Å². The third-order valence-corrected chi connectivity index (χ3v) is 3.08. The van der Waals surface area contributed by atoms with Gasteiger partial charge >= 0.3 is 6.09 Å². The molecule has 0 aliphatic rings. The lowest BCUT2D eigenvalue weighted by molar-refractivity contribution is -0.112. The van der Waals surface area contributed by atoms with Gasteiger partial charge in [-0.25, -0.2) is 4.79 Å². The van der Waals surface area contributed by atoms with Crippen LogP contribution in [0.3, 0.4) is 0 Å². The van der Waals surface area contributed by atoms with E-state index in [1.807, 2.05) is 0 Å². The zero-order chi connectivity index (χ0) is 20.4. The normalized spacial score (nSPS) is 11.1. The molecule has 2 amide bonds. The fraction of sp³-hybridized carbons (Fsp3) is 0.368. The number of nitriles is 1. The van der Waals surface area contributed by atoms with Gasteiger partial charge in [0.25, 0.3) is 5.91 Å². The summed E-state index contributed by atoms with van der Waals surface area (Å²) in [7, 11) is 0. The lowest BCUT2D eigenvalue weighted by atomic mass is 10.1. The predicted octanol–water partition coefficient (Wildman–Crippen LogP) is 2.35. The van der Waals surface area contributed by atoms with Gasteiger partial charge in [-0.1, -0.05) is 12.1 Å². The molecule has 0 aromatic heterocycles. The zero-order valence-electron chi connectivity index (χ0n) is 15.9. The van der Waals surface area contributed by atoms with Crippen LogP contribution in [0.25, 0.3) is 0 Å². The summed E-state index contributed by atoms with van der Waals surface area (Å²) in [6.07, 6.45) is 0.720. The molecule has 144 valence electrons. The molecule has 0 spiro atoms. The Bertz CT molecular complexity index is 773. The van der Waals surface area contributed by atoms with Crippen molar-refractivity contribution in [2.45, 2.75) is 33.3 Å². The Balaban J connectivity index is 2.51. The number of hydrogen-bond donors (Lipinski definition) is 3. The van der Waals surface area contributed by atoms with E-state index in [1.54, 1.807) is 45.0 Å². The molecule has 0 heterocycles. The van der Waals surface area contributed by atoms with E-state index >= 15 is 0 Å². The molecule has 0 radical (unpaired) electrons. The monoisotopic (exact) mass is 372 g/mol. The fourth-order valence-corrected chi connectivity index (χ4v) is 1.89. The van der Waals surface area contributed by atoms with Crippen LogP contribution in [-0.4, -0.2) is 36.5 Å². The van der Waals surface area contributed by atoms with Gasteiger partial charge < -0.3 is 20.7 Å². The summed E-state index contributed by atoms with van der Waals surface area (Å²) in [6, 6.07) is 8.23. The maximum absolute atomic E-state index is 12.1. The van der Waals surface area contributed by atoms with Gasteiger partial charge in [0.15, 0.2) is 5.78 Å². The number of hydrogen-bond acceptors (Lipinski definition) is 6. The first-order chi connectivity index (χ1) is 12.6. The standard InChI is InChI=1S/C19H24N4O4/c1-13(24)14-6-5-7-16(10-14)23-17(25)15(11-20)12-21-8-9-22-18(26)27-19(2,3)4/h5-7,10,12,21H,8-9H2,1-4H3,(H,22,26)(H,23,25)/b15-12-. The summed E-state index contributed by atoms with van der Waals surface area (Å²) in [6.45, 7) is 7.27. The van der Waals surface area contributed by atoms with E-state index in [1.165, 1.54) is 19.2 Å². The number of rotatable bonds is 7. The minimum Gasteiger partial charge on any atom is -0.444 e.